The molecule has 2 aromatic heterocycles. The number of aromatic amines is 1. The minimum Gasteiger partial charge on any atom is -0.772 e. The number of fused-ring (bicyclic) bond motifs is 1. The van der Waals surface area contributed by atoms with Gasteiger partial charge in [-0.15, -0.1) is 0 Å². The van der Waals surface area contributed by atoms with Crippen molar-refractivity contribution in [1.82, 2.24) is 9.97 Å². The lowest BCUT2D eigenvalue weighted by Gasteiger charge is -2.21. The number of pyridine rings is 1. The molecule has 1 aliphatic heterocycles. The van der Waals surface area contributed by atoms with E-state index in [9.17, 15) is 8.76 Å². The Bertz CT molecular complexity index is 1280. The van der Waals surface area contributed by atoms with Crippen LogP contribution in [0, 0.1) is 5.92 Å². The standard InChI is InChI=1S/C26H25ClN2O3S/c27-23-15-25-24(14-22(28-25)13-17-9-11-32-12-10-17)29-26(23)21-7-5-20(6-8-21)19-3-1-18(2-4-19)16-33(30)31/h1-8,14-15,17,28H,9-13,16H2,(H,30,31)/p-1. The van der Waals surface area contributed by atoms with Crippen LogP contribution in [0.15, 0.2) is 60.7 Å². The molecule has 1 unspecified atom stereocenters. The molecule has 1 saturated heterocycles. The first kappa shape index (κ1) is 22.3. The second-order valence-electron chi connectivity index (χ2n) is 8.53. The summed E-state index contributed by atoms with van der Waals surface area (Å²) in [5.41, 5.74) is 7.64. The van der Waals surface area contributed by atoms with Gasteiger partial charge in [0.1, 0.15) is 0 Å². The highest BCUT2D eigenvalue weighted by molar-refractivity contribution is 7.78. The number of nitrogens with one attached hydrogen (secondary N) is 1. The van der Waals surface area contributed by atoms with E-state index in [2.05, 4.69) is 11.1 Å². The summed E-state index contributed by atoms with van der Waals surface area (Å²) in [6.45, 7) is 1.70. The molecule has 2 aromatic carbocycles. The van der Waals surface area contributed by atoms with E-state index < -0.39 is 11.1 Å². The van der Waals surface area contributed by atoms with Gasteiger partial charge in [-0.05, 0) is 54.0 Å². The van der Waals surface area contributed by atoms with Gasteiger partial charge in [0.15, 0.2) is 0 Å². The van der Waals surface area contributed by atoms with Crippen LogP contribution >= 0.6 is 11.6 Å². The predicted molar refractivity (Wildman–Crippen MR) is 132 cm³/mol. The first-order valence-corrected chi connectivity index (χ1v) is 12.7. The molecule has 170 valence electrons. The molecule has 0 bridgehead atoms. The Morgan fingerprint density at radius 3 is 2.30 bits per heavy atom. The summed E-state index contributed by atoms with van der Waals surface area (Å²) in [7, 11) is 0. The van der Waals surface area contributed by atoms with E-state index >= 15 is 0 Å². The number of aromatic nitrogens is 2. The van der Waals surface area contributed by atoms with E-state index in [1.807, 2.05) is 54.6 Å². The third kappa shape index (κ3) is 5.20. The van der Waals surface area contributed by atoms with Gasteiger partial charge in [0.25, 0.3) is 0 Å². The quantitative estimate of drug-likeness (QED) is 0.349. The van der Waals surface area contributed by atoms with E-state index in [0.717, 1.165) is 71.5 Å². The van der Waals surface area contributed by atoms with Crippen LogP contribution in [0.4, 0.5) is 0 Å². The average Bonchev–Trinajstić information content (AvgIpc) is 3.20. The molecule has 5 rings (SSSR count). The van der Waals surface area contributed by atoms with Gasteiger partial charge < -0.3 is 14.3 Å². The van der Waals surface area contributed by atoms with Crippen LogP contribution in [-0.2, 0) is 28.0 Å². The van der Waals surface area contributed by atoms with Gasteiger partial charge in [0.05, 0.1) is 21.7 Å². The average molecular weight is 480 g/mol. The third-order valence-corrected chi connectivity index (χ3v) is 7.05. The van der Waals surface area contributed by atoms with Crippen LogP contribution in [0.3, 0.4) is 0 Å². The molecule has 0 aliphatic carbocycles. The van der Waals surface area contributed by atoms with Crippen molar-refractivity contribution < 1.29 is 13.5 Å². The van der Waals surface area contributed by atoms with E-state index in [-0.39, 0.29) is 5.75 Å². The summed E-state index contributed by atoms with van der Waals surface area (Å²) in [5, 5.41) is 0.615. The molecule has 0 saturated carbocycles. The summed E-state index contributed by atoms with van der Waals surface area (Å²) in [6, 6.07) is 19.8. The first-order valence-electron chi connectivity index (χ1n) is 11.1. The molecule has 7 heteroatoms. The third-order valence-electron chi connectivity index (χ3n) is 6.19. The zero-order chi connectivity index (χ0) is 22.8. The van der Waals surface area contributed by atoms with E-state index in [4.69, 9.17) is 21.3 Å². The highest BCUT2D eigenvalue weighted by atomic mass is 35.5. The van der Waals surface area contributed by atoms with Crippen LogP contribution in [0.25, 0.3) is 33.4 Å². The molecular weight excluding hydrogens is 456 g/mol. The largest absolute Gasteiger partial charge is 0.772 e. The SMILES string of the molecule is O=S([O-])Cc1ccc(-c2ccc(-c3nc4cc(CC5CCOCC5)[nH]c4cc3Cl)cc2)cc1. The number of halogens is 1. The fraction of sp³-hybridized carbons (Fsp3) is 0.269. The first-order chi connectivity index (χ1) is 16.0. The molecule has 1 aliphatic rings. The molecule has 1 fully saturated rings. The Labute approximate surface area is 200 Å². The van der Waals surface area contributed by atoms with Gasteiger partial charge in [-0.3, -0.25) is 4.21 Å². The summed E-state index contributed by atoms with van der Waals surface area (Å²) in [6.07, 6.45) is 3.20. The van der Waals surface area contributed by atoms with Crippen molar-refractivity contribution in [3.63, 3.8) is 0 Å². The van der Waals surface area contributed by atoms with Crippen LogP contribution in [0.2, 0.25) is 5.02 Å². The second-order valence-corrected chi connectivity index (χ2v) is 9.83. The number of benzene rings is 2. The highest BCUT2D eigenvalue weighted by Gasteiger charge is 2.16. The molecule has 1 atom stereocenters. The number of nitrogens with zero attached hydrogens (tertiary/aromatic N) is 1. The molecule has 1 N–H and O–H groups in total. The number of H-pyrrole nitrogens is 1. The minimum atomic E-state index is -2.08. The smallest absolute Gasteiger partial charge is 0.0897 e. The number of hydrogen-bond acceptors (Lipinski definition) is 4. The lowest BCUT2D eigenvalue weighted by Crippen LogP contribution is -2.17. The molecule has 4 aromatic rings. The van der Waals surface area contributed by atoms with Crippen molar-refractivity contribution in [2.75, 3.05) is 13.2 Å². The lowest BCUT2D eigenvalue weighted by atomic mass is 9.95. The number of hydrogen-bond donors (Lipinski definition) is 1. The van der Waals surface area contributed by atoms with Gasteiger partial charge in [-0.2, -0.15) is 0 Å². The topological polar surface area (TPSA) is 78.0 Å². The van der Waals surface area contributed by atoms with Crippen LogP contribution in [-0.4, -0.2) is 31.9 Å². The maximum Gasteiger partial charge on any atom is 0.0897 e. The fourth-order valence-corrected chi connectivity index (χ4v) is 5.14. The fourth-order valence-electron chi connectivity index (χ4n) is 4.41. The van der Waals surface area contributed by atoms with Crippen LogP contribution < -0.4 is 0 Å². The van der Waals surface area contributed by atoms with Crippen molar-refractivity contribution in [3.8, 4) is 22.4 Å². The van der Waals surface area contributed by atoms with Gasteiger partial charge in [0.2, 0.25) is 0 Å². The van der Waals surface area contributed by atoms with E-state index in [1.54, 1.807) is 0 Å². The molecular formula is C26H24ClN2O3S-. The number of ether oxygens (including phenoxy) is 1. The Morgan fingerprint density at radius 1 is 1.00 bits per heavy atom. The molecule has 0 amide bonds. The van der Waals surface area contributed by atoms with Crippen molar-refractivity contribution in [3.05, 3.63) is 76.9 Å². The molecule has 0 spiro atoms. The summed E-state index contributed by atoms with van der Waals surface area (Å²) in [4.78, 5) is 8.34. The maximum atomic E-state index is 10.9. The Kier molecular flexibility index (Phi) is 6.60. The Morgan fingerprint density at radius 2 is 1.64 bits per heavy atom. The molecule has 3 heterocycles. The summed E-state index contributed by atoms with van der Waals surface area (Å²) in [5.74, 6) is 0.674. The normalized spacial score (nSPS) is 15.7. The molecule has 5 nitrogen and oxygen atoms in total. The summed E-state index contributed by atoms with van der Waals surface area (Å²) < 4.78 is 27.2. The van der Waals surface area contributed by atoms with E-state index in [1.165, 1.54) is 5.69 Å². The zero-order valence-corrected chi connectivity index (χ0v) is 19.6. The van der Waals surface area contributed by atoms with E-state index in [0.29, 0.717) is 10.9 Å². The van der Waals surface area contributed by atoms with Crippen molar-refractivity contribution in [2.24, 2.45) is 5.92 Å². The number of rotatable bonds is 6. The second kappa shape index (κ2) is 9.77. The zero-order valence-electron chi connectivity index (χ0n) is 18.1. The van der Waals surface area contributed by atoms with Gasteiger partial charge in [-0.1, -0.05) is 71.2 Å². The molecule has 33 heavy (non-hydrogen) atoms. The van der Waals surface area contributed by atoms with Crippen molar-refractivity contribution in [2.45, 2.75) is 25.0 Å². The lowest BCUT2D eigenvalue weighted by molar-refractivity contribution is 0.0663. The summed E-state index contributed by atoms with van der Waals surface area (Å²) >= 11 is 4.52. The monoisotopic (exact) mass is 479 g/mol. The Balaban J connectivity index is 1.36. The predicted octanol–water partition coefficient (Wildman–Crippen LogP) is 5.90. The van der Waals surface area contributed by atoms with Crippen molar-refractivity contribution >= 4 is 33.7 Å². The van der Waals surface area contributed by atoms with Gasteiger partial charge in [-0.25, -0.2) is 4.98 Å². The Hall–Kier alpha value is -2.51. The highest BCUT2D eigenvalue weighted by Crippen LogP contribution is 2.32. The molecule has 0 radical (unpaired) electrons. The van der Waals surface area contributed by atoms with Gasteiger partial charge >= 0.3 is 0 Å². The minimum absolute atomic E-state index is 0.0296. The maximum absolute atomic E-state index is 10.9. The van der Waals surface area contributed by atoms with Crippen LogP contribution in [0.1, 0.15) is 24.1 Å². The van der Waals surface area contributed by atoms with Crippen LogP contribution in [0.5, 0.6) is 0 Å². The van der Waals surface area contributed by atoms with Crippen molar-refractivity contribution in [1.29, 1.82) is 0 Å². The van der Waals surface area contributed by atoms with Gasteiger partial charge in [0, 0.05) is 30.2 Å².